The fourth-order valence-electron chi connectivity index (χ4n) is 5.10. The van der Waals surface area contributed by atoms with Gasteiger partial charge in [0.2, 0.25) is 5.91 Å². The smallest absolute Gasteiger partial charge is 0.220 e. The van der Waals surface area contributed by atoms with E-state index < -0.39 is 0 Å². The fourth-order valence-corrected chi connectivity index (χ4v) is 5.33. The lowest BCUT2D eigenvalue weighted by atomic mass is 9.89. The summed E-state index contributed by atoms with van der Waals surface area (Å²) in [5.74, 6) is 0.424. The third kappa shape index (κ3) is 6.70. The van der Waals surface area contributed by atoms with Crippen LogP contribution in [-0.2, 0) is 11.3 Å². The van der Waals surface area contributed by atoms with Gasteiger partial charge in [-0.05, 0) is 68.7 Å². The highest BCUT2D eigenvalue weighted by molar-refractivity contribution is 6.31. The third-order valence-electron chi connectivity index (χ3n) is 6.32. The van der Waals surface area contributed by atoms with Gasteiger partial charge in [-0.1, -0.05) is 17.7 Å². The normalized spacial score (nSPS) is 28.9. The van der Waals surface area contributed by atoms with Crippen molar-refractivity contribution in [3.05, 3.63) is 34.6 Å². The molecule has 164 valence electrons. The van der Waals surface area contributed by atoms with Crippen LogP contribution < -0.4 is 10.6 Å². The Morgan fingerprint density at radius 1 is 1.21 bits per heavy atom. The van der Waals surface area contributed by atoms with Crippen LogP contribution >= 0.6 is 36.4 Å². The van der Waals surface area contributed by atoms with Crippen molar-refractivity contribution in [1.29, 1.82) is 0 Å². The number of hydrogen-bond donors (Lipinski definition) is 2. The molecule has 2 bridgehead atoms. The van der Waals surface area contributed by atoms with Crippen molar-refractivity contribution < 1.29 is 9.18 Å². The van der Waals surface area contributed by atoms with Crippen LogP contribution in [-0.4, -0.2) is 42.0 Å². The maximum Gasteiger partial charge on any atom is 0.220 e. The molecule has 3 heterocycles. The van der Waals surface area contributed by atoms with Crippen molar-refractivity contribution in [2.45, 2.75) is 69.6 Å². The molecule has 0 aliphatic carbocycles. The molecule has 4 nitrogen and oxygen atoms in total. The number of nitrogens with one attached hydrogen (secondary N) is 2. The Kier molecular flexibility index (Phi) is 9.49. The zero-order chi connectivity index (χ0) is 18.8. The van der Waals surface area contributed by atoms with Crippen molar-refractivity contribution in [1.82, 2.24) is 15.5 Å². The average Bonchev–Trinajstić information content (AvgIpc) is 2.96. The van der Waals surface area contributed by atoms with Gasteiger partial charge >= 0.3 is 0 Å². The Bertz CT molecular complexity index is 681. The summed E-state index contributed by atoms with van der Waals surface area (Å²) in [6.07, 6.45) is 7.57. The number of halogens is 4. The molecule has 3 aliphatic rings. The molecule has 3 atom stereocenters. The van der Waals surface area contributed by atoms with Gasteiger partial charge in [0.25, 0.3) is 0 Å². The highest BCUT2D eigenvalue weighted by Crippen LogP contribution is 2.32. The Balaban J connectivity index is 0.00000150. The number of rotatable bonds is 5. The molecule has 1 aromatic rings. The molecule has 8 heteroatoms. The van der Waals surface area contributed by atoms with Crippen LogP contribution in [0.3, 0.4) is 0 Å². The Morgan fingerprint density at radius 3 is 2.62 bits per heavy atom. The molecular formula is C21H31Cl3FN3O. The van der Waals surface area contributed by atoms with Gasteiger partial charge in [-0.25, -0.2) is 4.39 Å². The van der Waals surface area contributed by atoms with E-state index in [1.807, 2.05) is 0 Å². The largest absolute Gasteiger partial charge is 0.352 e. The van der Waals surface area contributed by atoms with Crippen LogP contribution in [0.5, 0.6) is 0 Å². The van der Waals surface area contributed by atoms with E-state index in [0.717, 1.165) is 44.3 Å². The van der Waals surface area contributed by atoms with Crippen molar-refractivity contribution in [3.8, 4) is 0 Å². The van der Waals surface area contributed by atoms with E-state index in [1.54, 1.807) is 6.07 Å². The summed E-state index contributed by atoms with van der Waals surface area (Å²) in [7, 11) is 0. The molecule has 2 N–H and O–H groups in total. The molecule has 0 aromatic heterocycles. The van der Waals surface area contributed by atoms with E-state index in [4.69, 9.17) is 11.6 Å². The Labute approximate surface area is 190 Å². The molecule has 4 rings (SSSR count). The summed E-state index contributed by atoms with van der Waals surface area (Å²) < 4.78 is 13.2. The average molecular weight is 467 g/mol. The number of amides is 1. The highest BCUT2D eigenvalue weighted by Gasteiger charge is 2.34. The first-order valence-corrected chi connectivity index (χ1v) is 10.6. The summed E-state index contributed by atoms with van der Waals surface area (Å²) in [5, 5.41) is 7.37. The minimum Gasteiger partial charge on any atom is -0.352 e. The van der Waals surface area contributed by atoms with Gasteiger partial charge in [0.1, 0.15) is 5.82 Å². The lowest BCUT2D eigenvalue weighted by Crippen LogP contribution is -2.48. The van der Waals surface area contributed by atoms with E-state index in [-0.39, 0.29) is 42.6 Å². The topological polar surface area (TPSA) is 44.4 Å². The summed E-state index contributed by atoms with van der Waals surface area (Å²) >= 11 is 6.17. The van der Waals surface area contributed by atoms with Crippen LogP contribution in [0.2, 0.25) is 5.02 Å². The highest BCUT2D eigenvalue weighted by atomic mass is 35.5. The van der Waals surface area contributed by atoms with Crippen LogP contribution in [0.4, 0.5) is 4.39 Å². The molecule has 29 heavy (non-hydrogen) atoms. The standard InChI is InChI=1S/C21H29ClFN3O.2ClH/c22-20-11-16(23)4-3-15(20)12-26-7-1-2-19(13-26)25-21(27)10-14-8-17-5-6-18(9-14)24-17;;/h3-4,11,14,17-19,24H,1-2,5-10,12-13H2,(H,25,27);2*1H. The zero-order valence-corrected chi connectivity index (χ0v) is 18.9. The monoisotopic (exact) mass is 465 g/mol. The van der Waals surface area contributed by atoms with Crippen molar-refractivity contribution in [3.63, 3.8) is 0 Å². The number of nitrogens with zero attached hydrogens (tertiary/aromatic N) is 1. The first-order valence-electron chi connectivity index (χ1n) is 10.3. The first-order chi connectivity index (χ1) is 13.0. The van der Waals surface area contributed by atoms with E-state index in [0.29, 0.717) is 36.0 Å². The SMILES string of the molecule is Cl.Cl.O=C(CC1CC2CCC(C1)N2)NC1CCCN(Cc2ccc(F)cc2Cl)C1. The molecule has 3 unspecified atom stereocenters. The van der Waals surface area contributed by atoms with Crippen LogP contribution in [0.15, 0.2) is 18.2 Å². The second kappa shape index (κ2) is 11.1. The third-order valence-corrected chi connectivity index (χ3v) is 6.68. The number of likely N-dealkylation sites (tertiary alicyclic amines) is 1. The Hall–Kier alpha value is -0.590. The van der Waals surface area contributed by atoms with Gasteiger partial charge in [-0.2, -0.15) is 0 Å². The van der Waals surface area contributed by atoms with Gasteiger partial charge in [0, 0.05) is 42.7 Å². The molecule has 3 aliphatic heterocycles. The van der Waals surface area contributed by atoms with Gasteiger partial charge in [0.05, 0.1) is 0 Å². The molecule has 0 radical (unpaired) electrons. The number of carbonyl (C=O) groups excluding carboxylic acids is 1. The number of hydrogen-bond acceptors (Lipinski definition) is 3. The summed E-state index contributed by atoms with van der Waals surface area (Å²) in [5.41, 5.74) is 0.940. The summed E-state index contributed by atoms with van der Waals surface area (Å²) in [6.45, 7) is 2.51. The van der Waals surface area contributed by atoms with E-state index >= 15 is 0 Å². The van der Waals surface area contributed by atoms with Crippen LogP contribution in [0, 0.1) is 11.7 Å². The number of benzene rings is 1. The van der Waals surface area contributed by atoms with Gasteiger partial charge in [0.15, 0.2) is 0 Å². The second-order valence-electron chi connectivity index (χ2n) is 8.56. The maximum atomic E-state index is 13.2. The number of piperidine rings is 2. The molecular weight excluding hydrogens is 436 g/mol. The molecule has 0 saturated carbocycles. The lowest BCUT2D eigenvalue weighted by molar-refractivity contribution is -0.123. The fraction of sp³-hybridized carbons (Fsp3) is 0.667. The van der Waals surface area contributed by atoms with E-state index in [9.17, 15) is 9.18 Å². The van der Waals surface area contributed by atoms with E-state index in [1.165, 1.54) is 25.0 Å². The first kappa shape index (κ1) is 24.7. The van der Waals surface area contributed by atoms with Crippen molar-refractivity contribution >= 4 is 42.3 Å². The minimum atomic E-state index is -0.307. The quantitative estimate of drug-likeness (QED) is 0.679. The van der Waals surface area contributed by atoms with E-state index in [2.05, 4.69) is 15.5 Å². The maximum absolute atomic E-state index is 13.2. The molecule has 3 saturated heterocycles. The number of fused-ring (bicyclic) bond motifs is 2. The summed E-state index contributed by atoms with van der Waals surface area (Å²) in [6, 6.07) is 6.04. The Morgan fingerprint density at radius 2 is 1.93 bits per heavy atom. The van der Waals surface area contributed by atoms with Gasteiger partial charge in [-0.3, -0.25) is 9.69 Å². The van der Waals surface area contributed by atoms with Crippen molar-refractivity contribution in [2.24, 2.45) is 5.92 Å². The van der Waals surface area contributed by atoms with Crippen LogP contribution in [0.25, 0.3) is 0 Å². The minimum absolute atomic E-state index is 0. The van der Waals surface area contributed by atoms with Gasteiger partial charge < -0.3 is 10.6 Å². The van der Waals surface area contributed by atoms with Crippen molar-refractivity contribution in [2.75, 3.05) is 13.1 Å². The van der Waals surface area contributed by atoms with Gasteiger partial charge in [-0.15, -0.1) is 24.8 Å². The lowest BCUT2D eigenvalue weighted by Gasteiger charge is -2.34. The zero-order valence-electron chi connectivity index (χ0n) is 16.5. The molecule has 3 fully saturated rings. The second-order valence-corrected chi connectivity index (χ2v) is 8.96. The summed E-state index contributed by atoms with van der Waals surface area (Å²) in [4.78, 5) is 14.9. The van der Waals surface area contributed by atoms with Crippen LogP contribution in [0.1, 0.15) is 50.5 Å². The number of carbonyl (C=O) groups is 1. The predicted octanol–water partition coefficient (Wildman–Crippen LogP) is 4.32. The predicted molar refractivity (Wildman–Crippen MR) is 120 cm³/mol. The molecule has 1 amide bonds. The molecule has 1 aromatic carbocycles. The molecule has 0 spiro atoms.